The van der Waals surface area contributed by atoms with Crippen molar-refractivity contribution in [3.63, 3.8) is 0 Å². The largest absolute Gasteiger partial charge is 0.329 e. The average Bonchev–Trinajstić information content (AvgIpc) is 2.77. The van der Waals surface area contributed by atoms with Gasteiger partial charge in [-0.15, -0.1) is 0 Å². The van der Waals surface area contributed by atoms with Crippen molar-refractivity contribution < 1.29 is 9.59 Å². The first-order valence-electron chi connectivity index (χ1n) is 6.57. The van der Waals surface area contributed by atoms with E-state index in [1.54, 1.807) is 0 Å². The smallest absolute Gasteiger partial charge is 0.243 e. The van der Waals surface area contributed by atoms with E-state index < -0.39 is 0 Å². The lowest BCUT2D eigenvalue weighted by Gasteiger charge is -2.39. The molecule has 0 aromatic rings. The molecule has 0 saturated carbocycles. The van der Waals surface area contributed by atoms with E-state index in [0.717, 1.165) is 26.1 Å². The minimum Gasteiger partial charge on any atom is -0.329 e. The predicted molar refractivity (Wildman–Crippen MR) is 67.9 cm³/mol. The van der Waals surface area contributed by atoms with E-state index in [0.29, 0.717) is 26.1 Å². The quantitative estimate of drug-likeness (QED) is 0.678. The maximum atomic E-state index is 12.1. The van der Waals surface area contributed by atoms with E-state index in [1.807, 2.05) is 0 Å². The molecule has 0 aromatic carbocycles. The van der Waals surface area contributed by atoms with Gasteiger partial charge in [0, 0.05) is 45.2 Å². The fourth-order valence-corrected chi connectivity index (χ4v) is 2.65. The van der Waals surface area contributed by atoms with E-state index in [-0.39, 0.29) is 17.9 Å². The maximum absolute atomic E-state index is 12.1. The van der Waals surface area contributed by atoms with Gasteiger partial charge in [-0.05, 0) is 13.5 Å². The summed E-state index contributed by atoms with van der Waals surface area (Å²) >= 11 is 0. The average molecular weight is 254 g/mol. The number of piperazine rings is 1. The molecular formula is C12H22N4O2. The summed E-state index contributed by atoms with van der Waals surface area (Å²) in [6.45, 7) is 4.12. The second-order valence-electron chi connectivity index (χ2n) is 5.16. The normalized spacial score (nSPS) is 26.9. The van der Waals surface area contributed by atoms with Gasteiger partial charge in [0.05, 0.1) is 6.54 Å². The summed E-state index contributed by atoms with van der Waals surface area (Å²) in [5.74, 6) is -0.0982. The van der Waals surface area contributed by atoms with Gasteiger partial charge in [0.25, 0.3) is 0 Å². The van der Waals surface area contributed by atoms with Crippen molar-refractivity contribution in [3.8, 4) is 0 Å². The topological polar surface area (TPSA) is 69.9 Å². The molecule has 0 aliphatic carbocycles. The molecule has 2 saturated heterocycles. The van der Waals surface area contributed by atoms with Crippen molar-refractivity contribution in [2.75, 3.05) is 46.3 Å². The van der Waals surface area contributed by atoms with Gasteiger partial charge in [0.1, 0.15) is 0 Å². The zero-order valence-corrected chi connectivity index (χ0v) is 11.0. The summed E-state index contributed by atoms with van der Waals surface area (Å²) in [5, 5.41) is 0. The lowest BCUT2D eigenvalue weighted by Crippen LogP contribution is -2.57. The highest BCUT2D eigenvalue weighted by Crippen LogP contribution is 2.12. The van der Waals surface area contributed by atoms with Crippen molar-refractivity contribution in [2.24, 2.45) is 5.73 Å². The molecule has 2 aliphatic rings. The summed E-state index contributed by atoms with van der Waals surface area (Å²) < 4.78 is 0. The van der Waals surface area contributed by atoms with Gasteiger partial charge in [0.15, 0.2) is 0 Å². The van der Waals surface area contributed by atoms with Crippen LogP contribution in [0.1, 0.15) is 12.8 Å². The molecule has 0 spiro atoms. The SMILES string of the molecule is CN1CCN(CC(=O)N2CCCC2=O)C(CN)C1. The third-order valence-corrected chi connectivity index (χ3v) is 3.79. The number of carbonyl (C=O) groups is 2. The number of rotatable bonds is 3. The first-order chi connectivity index (χ1) is 8.61. The molecule has 2 heterocycles. The highest BCUT2D eigenvalue weighted by Gasteiger charge is 2.31. The van der Waals surface area contributed by atoms with Crippen molar-refractivity contribution >= 4 is 11.8 Å². The standard InChI is InChI=1S/C12H22N4O2/c1-14-5-6-15(10(7-13)8-14)9-12(18)16-4-2-3-11(16)17/h10H,2-9,13H2,1H3. The Morgan fingerprint density at radius 1 is 1.39 bits per heavy atom. The molecule has 1 unspecified atom stereocenters. The van der Waals surface area contributed by atoms with E-state index >= 15 is 0 Å². The molecule has 2 aliphatic heterocycles. The van der Waals surface area contributed by atoms with E-state index in [4.69, 9.17) is 5.73 Å². The molecule has 2 amide bonds. The van der Waals surface area contributed by atoms with Gasteiger partial charge in [-0.3, -0.25) is 19.4 Å². The molecule has 6 heteroatoms. The van der Waals surface area contributed by atoms with Crippen LogP contribution in [-0.4, -0.2) is 78.9 Å². The van der Waals surface area contributed by atoms with Crippen LogP contribution in [0, 0.1) is 0 Å². The van der Waals surface area contributed by atoms with Crippen molar-refractivity contribution in [2.45, 2.75) is 18.9 Å². The molecule has 2 N–H and O–H groups in total. The van der Waals surface area contributed by atoms with Crippen LogP contribution < -0.4 is 5.73 Å². The van der Waals surface area contributed by atoms with Crippen LogP contribution in [0.4, 0.5) is 0 Å². The third-order valence-electron chi connectivity index (χ3n) is 3.79. The van der Waals surface area contributed by atoms with Crippen LogP contribution >= 0.6 is 0 Å². The summed E-state index contributed by atoms with van der Waals surface area (Å²) in [6, 6.07) is 0.213. The monoisotopic (exact) mass is 254 g/mol. The predicted octanol–water partition coefficient (Wildman–Crippen LogP) is -1.29. The molecule has 2 rings (SSSR count). The zero-order chi connectivity index (χ0) is 13.1. The highest BCUT2D eigenvalue weighted by molar-refractivity contribution is 5.97. The highest BCUT2D eigenvalue weighted by atomic mass is 16.2. The Balaban J connectivity index is 1.91. The van der Waals surface area contributed by atoms with Gasteiger partial charge < -0.3 is 10.6 Å². The van der Waals surface area contributed by atoms with E-state index in [1.165, 1.54) is 4.90 Å². The second kappa shape index (κ2) is 5.77. The number of carbonyl (C=O) groups excluding carboxylic acids is 2. The molecule has 6 nitrogen and oxygen atoms in total. The minimum absolute atomic E-state index is 0.0292. The van der Waals surface area contributed by atoms with Gasteiger partial charge >= 0.3 is 0 Å². The number of likely N-dealkylation sites (tertiary alicyclic amines) is 1. The Bertz CT molecular complexity index is 334. The fraction of sp³-hybridized carbons (Fsp3) is 0.833. The van der Waals surface area contributed by atoms with Crippen LogP contribution in [-0.2, 0) is 9.59 Å². The Morgan fingerprint density at radius 2 is 2.17 bits per heavy atom. The number of hydrogen-bond donors (Lipinski definition) is 1. The maximum Gasteiger partial charge on any atom is 0.243 e. The third kappa shape index (κ3) is 2.88. The van der Waals surface area contributed by atoms with E-state index in [9.17, 15) is 9.59 Å². The Kier molecular flexibility index (Phi) is 4.31. The Labute approximate surface area is 108 Å². The number of amides is 2. The van der Waals surface area contributed by atoms with Crippen LogP contribution in [0.5, 0.6) is 0 Å². The second-order valence-corrected chi connectivity index (χ2v) is 5.16. The van der Waals surface area contributed by atoms with Crippen LogP contribution in [0.25, 0.3) is 0 Å². The molecule has 102 valence electrons. The molecule has 18 heavy (non-hydrogen) atoms. The molecule has 0 aromatic heterocycles. The summed E-state index contributed by atoms with van der Waals surface area (Å²) in [7, 11) is 2.06. The minimum atomic E-state index is -0.0690. The van der Waals surface area contributed by atoms with Crippen LogP contribution in [0.3, 0.4) is 0 Å². The summed E-state index contributed by atoms with van der Waals surface area (Å²) in [6.07, 6.45) is 1.31. The van der Waals surface area contributed by atoms with Crippen LogP contribution in [0.2, 0.25) is 0 Å². The van der Waals surface area contributed by atoms with Crippen molar-refractivity contribution in [1.82, 2.24) is 14.7 Å². The van der Waals surface area contributed by atoms with Crippen molar-refractivity contribution in [1.29, 1.82) is 0 Å². The number of imide groups is 1. The first-order valence-corrected chi connectivity index (χ1v) is 6.57. The number of nitrogens with zero attached hydrogens (tertiary/aromatic N) is 3. The lowest BCUT2D eigenvalue weighted by atomic mass is 10.1. The lowest BCUT2D eigenvalue weighted by molar-refractivity contribution is -0.143. The zero-order valence-electron chi connectivity index (χ0n) is 11.0. The van der Waals surface area contributed by atoms with E-state index in [2.05, 4.69) is 16.8 Å². The van der Waals surface area contributed by atoms with Gasteiger partial charge in [0.2, 0.25) is 11.8 Å². The molecule has 1 atom stereocenters. The number of hydrogen-bond acceptors (Lipinski definition) is 5. The van der Waals surface area contributed by atoms with Gasteiger partial charge in [-0.25, -0.2) is 0 Å². The first kappa shape index (κ1) is 13.5. The summed E-state index contributed by atoms with van der Waals surface area (Å²) in [5.41, 5.74) is 5.75. The Morgan fingerprint density at radius 3 is 2.78 bits per heavy atom. The van der Waals surface area contributed by atoms with Crippen LogP contribution in [0.15, 0.2) is 0 Å². The molecule has 0 bridgehead atoms. The van der Waals surface area contributed by atoms with Gasteiger partial charge in [-0.1, -0.05) is 0 Å². The Hall–Kier alpha value is -0.980. The summed E-state index contributed by atoms with van der Waals surface area (Å²) in [4.78, 5) is 29.3. The molecule has 2 fully saturated rings. The fourth-order valence-electron chi connectivity index (χ4n) is 2.65. The molecular weight excluding hydrogens is 232 g/mol. The van der Waals surface area contributed by atoms with Gasteiger partial charge in [-0.2, -0.15) is 0 Å². The number of nitrogens with two attached hydrogens (primary N) is 1. The number of likely N-dealkylation sites (N-methyl/N-ethyl adjacent to an activating group) is 1. The molecule has 0 radical (unpaired) electrons. The van der Waals surface area contributed by atoms with Crippen molar-refractivity contribution in [3.05, 3.63) is 0 Å².